The van der Waals surface area contributed by atoms with Crippen molar-refractivity contribution in [1.29, 1.82) is 0 Å². The van der Waals surface area contributed by atoms with Gasteiger partial charge in [-0.15, -0.1) is 0 Å². The van der Waals surface area contributed by atoms with Crippen molar-refractivity contribution < 1.29 is 0 Å². The molecule has 50 heavy (non-hydrogen) atoms. The Kier molecular flexibility index (Phi) is 9.56. The average Bonchev–Trinajstić information content (AvgIpc) is 3.12. The summed E-state index contributed by atoms with van der Waals surface area (Å²) in [6.07, 6.45) is 6.20. The van der Waals surface area contributed by atoms with Crippen molar-refractivity contribution in [1.82, 2.24) is 0 Å². The van der Waals surface area contributed by atoms with Crippen molar-refractivity contribution in [3.8, 4) is 0 Å². The van der Waals surface area contributed by atoms with Crippen LogP contribution in [0.3, 0.4) is 0 Å². The summed E-state index contributed by atoms with van der Waals surface area (Å²) >= 11 is 0. The van der Waals surface area contributed by atoms with Gasteiger partial charge in [0, 0.05) is 22.5 Å². The topological polar surface area (TPSA) is 3.24 Å². The van der Waals surface area contributed by atoms with Gasteiger partial charge in [-0.1, -0.05) is 166 Å². The predicted octanol–water partition coefficient (Wildman–Crippen LogP) is 10.8. The number of aryl methyl sites for hydroxylation is 6. The molecule has 0 amide bonds. The van der Waals surface area contributed by atoms with E-state index in [-0.39, 0.29) is 12.1 Å². The van der Waals surface area contributed by atoms with Gasteiger partial charge in [0.1, 0.15) is 0 Å². The molecule has 0 heterocycles. The van der Waals surface area contributed by atoms with Crippen molar-refractivity contribution in [2.24, 2.45) is 0 Å². The van der Waals surface area contributed by atoms with Crippen molar-refractivity contribution >= 4 is 40.2 Å². The van der Waals surface area contributed by atoms with Gasteiger partial charge in [-0.2, -0.15) is 0 Å². The van der Waals surface area contributed by atoms with Crippen LogP contribution in [0.1, 0.15) is 76.6 Å². The van der Waals surface area contributed by atoms with Gasteiger partial charge in [0.2, 0.25) is 6.71 Å². The van der Waals surface area contributed by atoms with Gasteiger partial charge in [0.15, 0.2) is 0 Å². The molecule has 0 radical (unpaired) electrons. The zero-order valence-electron chi connectivity index (χ0n) is 30.8. The molecule has 0 bridgehead atoms. The maximum atomic E-state index is 2.57. The largest absolute Gasteiger partial charge is 0.311 e. The third-order valence-corrected chi connectivity index (χ3v) is 11.5. The molecule has 0 aromatic heterocycles. The lowest BCUT2D eigenvalue weighted by Crippen LogP contribution is -2.57. The molecule has 250 valence electrons. The molecule has 6 aromatic rings. The minimum absolute atomic E-state index is 0.00180. The Labute approximate surface area is 301 Å². The molecule has 0 saturated heterocycles. The molecule has 6 aromatic carbocycles. The normalized spacial score (nSPS) is 14.0. The van der Waals surface area contributed by atoms with Crippen LogP contribution in [0.25, 0.3) is 0 Å². The zero-order valence-corrected chi connectivity index (χ0v) is 30.8. The van der Waals surface area contributed by atoms with Crippen LogP contribution in [-0.2, 0) is 5.41 Å². The van der Waals surface area contributed by atoms with Crippen LogP contribution in [-0.4, -0.2) is 6.71 Å². The van der Waals surface area contributed by atoms with E-state index in [0.29, 0.717) is 0 Å². The van der Waals surface area contributed by atoms with E-state index in [1.165, 1.54) is 110 Å². The molecule has 1 saturated carbocycles. The van der Waals surface area contributed by atoms with E-state index in [1.54, 1.807) is 0 Å². The SMILES string of the molecule is Cc1cccc(C)c1B(c1c(C)cccc1C)c1c(C)cc(C2(c3ccc(N(c4ccccc4)c4ccccc4)cc3)CCCCC2)cc1C. The monoisotopic (exact) mass is 651 g/mol. The van der Waals surface area contributed by atoms with Crippen LogP contribution in [0.15, 0.2) is 133 Å². The molecule has 7 rings (SSSR count). The molecule has 1 aliphatic rings. The smallest absolute Gasteiger partial charge is 0.243 e. The highest BCUT2D eigenvalue weighted by Gasteiger charge is 2.38. The molecule has 1 nitrogen and oxygen atoms in total. The molecule has 1 fully saturated rings. The Bertz CT molecular complexity index is 1930. The molecule has 0 N–H and O–H groups in total. The van der Waals surface area contributed by atoms with Crippen LogP contribution < -0.4 is 21.3 Å². The Morgan fingerprint density at radius 3 is 1.24 bits per heavy atom. The Hall–Kier alpha value is -4.82. The maximum Gasteiger partial charge on any atom is 0.243 e. The third kappa shape index (κ3) is 6.22. The van der Waals surface area contributed by atoms with Gasteiger partial charge in [-0.3, -0.25) is 0 Å². The average molecular weight is 652 g/mol. The molecule has 0 spiro atoms. The highest BCUT2D eigenvalue weighted by molar-refractivity contribution is 6.97. The van der Waals surface area contributed by atoms with Gasteiger partial charge < -0.3 is 4.90 Å². The standard InChI is InChI=1S/C48H50BN/c1-34-18-16-19-35(2)45(34)49(46-36(3)20-17-21-37(46)4)47-38(5)32-41(33-39(47)6)48(30-14-9-15-31-48)40-26-28-44(29-27-40)50(42-22-10-7-11-23-42)43-24-12-8-13-25-43/h7-8,10-13,16-29,32-33H,9,14-15,30-31H2,1-6H3. The van der Waals surface area contributed by atoms with Gasteiger partial charge in [-0.25, -0.2) is 0 Å². The van der Waals surface area contributed by atoms with Gasteiger partial charge in [0.05, 0.1) is 0 Å². The summed E-state index contributed by atoms with van der Waals surface area (Å²) in [6.45, 7) is 14.1. The van der Waals surface area contributed by atoms with E-state index in [4.69, 9.17) is 0 Å². The highest BCUT2D eigenvalue weighted by atomic mass is 15.1. The lowest BCUT2D eigenvalue weighted by atomic mass is 9.33. The van der Waals surface area contributed by atoms with E-state index in [0.717, 1.165) is 0 Å². The fraction of sp³-hybridized carbons (Fsp3) is 0.250. The second kappa shape index (κ2) is 14.2. The second-order valence-corrected chi connectivity index (χ2v) is 14.8. The lowest BCUT2D eigenvalue weighted by Gasteiger charge is -2.40. The fourth-order valence-corrected chi connectivity index (χ4v) is 9.13. The minimum atomic E-state index is 0.00180. The van der Waals surface area contributed by atoms with Crippen molar-refractivity contribution in [3.63, 3.8) is 0 Å². The summed E-state index contributed by atoms with van der Waals surface area (Å²) in [7, 11) is 0. The summed E-state index contributed by atoms with van der Waals surface area (Å²) in [5, 5.41) is 0. The first-order valence-electron chi connectivity index (χ1n) is 18.5. The number of anilines is 3. The number of hydrogen-bond acceptors (Lipinski definition) is 1. The van der Waals surface area contributed by atoms with E-state index in [1.807, 2.05) is 0 Å². The van der Waals surface area contributed by atoms with Crippen molar-refractivity contribution in [2.75, 3.05) is 4.90 Å². The minimum Gasteiger partial charge on any atom is -0.311 e. The first-order chi connectivity index (χ1) is 24.3. The zero-order chi connectivity index (χ0) is 34.8. The molecular formula is C48H50BN. The molecule has 1 aliphatic carbocycles. The number of para-hydroxylation sites is 2. The Morgan fingerprint density at radius 1 is 0.400 bits per heavy atom. The molecular weight excluding hydrogens is 601 g/mol. The maximum absolute atomic E-state index is 2.57. The summed E-state index contributed by atoms with van der Waals surface area (Å²) in [4.78, 5) is 2.36. The summed E-state index contributed by atoms with van der Waals surface area (Å²) in [5.74, 6) is 0. The lowest BCUT2D eigenvalue weighted by molar-refractivity contribution is 0.346. The van der Waals surface area contributed by atoms with Gasteiger partial charge in [0.25, 0.3) is 0 Å². The second-order valence-electron chi connectivity index (χ2n) is 14.8. The van der Waals surface area contributed by atoms with Crippen molar-refractivity contribution in [2.45, 2.75) is 79.1 Å². The highest BCUT2D eigenvalue weighted by Crippen LogP contribution is 2.46. The van der Waals surface area contributed by atoms with Crippen LogP contribution in [0.2, 0.25) is 0 Å². The van der Waals surface area contributed by atoms with E-state index >= 15 is 0 Å². The van der Waals surface area contributed by atoms with Crippen LogP contribution in [0.5, 0.6) is 0 Å². The summed E-state index contributed by atoms with van der Waals surface area (Å²) in [5.41, 5.74) is 19.1. The first-order valence-corrected chi connectivity index (χ1v) is 18.5. The summed E-state index contributed by atoms with van der Waals surface area (Å²) in [6, 6.07) is 49.7. The third-order valence-electron chi connectivity index (χ3n) is 11.5. The molecule has 2 heteroatoms. The Morgan fingerprint density at radius 2 is 0.800 bits per heavy atom. The fourth-order valence-electron chi connectivity index (χ4n) is 9.13. The van der Waals surface area contributed by atoms with Crippen LogP contribution in [0, 0.1) is 41.5 Å². The first kappa shape index (κ1) is 33.7. The van der Waals surface area contributed by atoms with Crippen LogP contribution in [0.4, 0.5) is 17.1 Å². The quantitative estimate of drug-likeness (QED) is 0.148. The summed E-state index contributed by atoms with van der Waals surface area (Å²) < 4.78 is 0. The van der Waals surface area contributed by atoms with Gasteiger partial charge >= 0.3 is 0 Å². The Balaban J connectivity index is 1.35. The van der Waals surface area contributed by atoms with E-state index in [9.17, 15) is 0 Å². The number of nitrogens with zero attached hydrogens (tertiary/aromatic N) is 1. The molecule has 0 aliphatic heterocycles. The van der Waals surface area contributed by atoms with Crippen molar-refractivity contribution in [3.05, 3.63) is 178 Å². The number of rotatable bonds is 8. The predicted molar refractivity (Wildman–Crippen MR) is 217 cm³/mol. The van der Waals surface area contributed by atoms with Gasteiger partial charge in [-0.05, 0) is 102 Å². The van der Waals surface area contributed by atoms with Crippen LogP contribution >= 0.6 is 0 Å². The van der Waals surface area contributed by atoms with E-state index in [2.05, 4.69) is 180 Å². The molecule has 0 atom stereocenters. The molecule has 0 unspecified atom stereocenters. The number of hydrogen-bond donors (Lipinski definition) is 0. The van der Waals surface area contributed by atoms with E-state index < -0.39 is 0 Å². The number of benzene rings is 6.